The Labute approximate surface area is 163 Å². The highest BCUT2D eigenvalue weighted by atomic mass is 16.5. The topological polar surface area (TPSA) is 65.4 Å². The molecule has 0 spiro atoms. The van der Waals surface area contributed by atoms with Gasteiger partial charge in [-0.1, -0.05) is 6.07 Å². The summed E-state index contributed by atoms with van der Waals surface area (Å²) in [5, 5.41) is 3.28. The number of anilines is 2. The number of nitrogens with one attached hydrogen (secondary N) is 1. The van der Waals surface area contributed by atoms with Crippen LogP contribution in [0.25, 0.3) is 11.3 Å². The number of methoxy groups -OCH3 is 2. The second-order valence-electron chi connectivity index (χ2n) is 7.08. The molecule has 0 atom stereocenters. The van der Waals surface area contributed by atoms with Gasteiger partial charge in [0, 0.05) is 23.9 Å². The third-order valence-corrected chi connectivity index (χ3v) is 5.00. The van der Waals surface area contributed by atoms with E-state index in [4.69, 9.17) is 9.47 Å². The van der Waals surface area contributed by atoms with Gasteiger partial charge in [0.15, 0.2) is 11.5 Å². The summed E-state index contributed by atoms with van der Waals surface area (Å²) in [4.78, 5) is 16.9. The van der Waals surface area contributed by atoms with Crippen LogP contribution in [0.2, 0.25) is 0 Å². The molecule has 1 aliphatic heterocycles. The minimum Gasteiger partial charge on any atom is -0.493 e. The van der Waals surface area contributed by atoms with Crippen LogP contribution in [0, 0.1) is 13.8 Å². The van der Waals surface area contributed by atoms with Gasteiger partial charge < -0.3 is 14.8 Å². The van der Waals surface area contributed by atoms with Crippen LogP contribution in [0.3, 0.4) is 0 Å². The molecule has 1 N–H and O–H groups in total. The van der Waals surface area contributed by atoms with Gasteiger partial charge in [-0.2, -0.15) is 4.98 Å². The van der Waals surface area contributed by atoms with E-state index in [2.05, 4.69) is 16.4 Å². The zero-order chi connectivity index (χ0) is 19.8. The van der Waals surface area contributed by atoms with Crippen molar-refractivity contribution in [1.82, 2.24) is 9.55 Å². The van der Waals surface area contributed by atoms with Crippen molar-refractivity contribution in [3.8, 4) is 22.8 Å². The summed E-state index contributed by atoms with van der Waals surface area (Å²) in [6, 6.07) is 12.0. The van der Waals surface area contributed by atoms with E-state index < -0.39 is 0 Å². The normalized spacial score (nSPS) is 12.1. The van der Waals surface area contributed by atoms with E-state index in [1.807, 2.05) is 44.2 Å². The fraction of sp³-hybridized carbons (Fsp3) is 0.273. The number of ether oxygens (including phenoxy) is 2. The van der Waals surface area contributed by atoms with Gasteiger partial charge in [0.05, 0.1) is 19.9 Å². The third-order valence-electron chi connectivity index (χ3n) is 5.00. The fourth-order valence-electron chi connectivity index (χ4n) is 3.80. The Morgan fingerprint density at radius 3 is 2.32 bits per heavy atom. The molecule has 28 heavy (non-hydrogen) atoms. The second kappa shape index (κ2) is 7.03. The molecule has 6 nitrogen and oxygen atoms in total. The predicted molar refractivity (Wildman–Crippen MR) is 110 cm³/mol. The molecule has 1 aromatic heterocycles. The Kier molecular flexibility index (Phi) is 4.55. The van der Waals surface area contributed by atoms with Crippen LogP contribution in [0.1, 0.15) is 16.7 Å². The first-order valence-corrected chi connectivity index (χ1v) is 9.21. The Morgan fingerprint density at radius 1 is 0.964 bits per heavy atom. The molecular formula is C22H23N3O3. The van der Waals surface area contributed by atoms with Crippen LogP contribution in [0.4, 0.5) is 11.5 Å². The standard InChI is InChI=1S/C22H23N3O3/c1-13-7-14(2)9-16(8-13)23-21-12-18-17-11-20(28-4)19(27-3)10-15(17)5-6-25(18)22(26)24-21/h7-12H,5-6H2,1-4H3,(H,23,24,26). The lowest BCUT2D eigenvalue weighted by Gasteiger charge is -2.23. The minimum absolute atomic E-state index is 0.259. The maximum atomic E-state index is 12.7. The first-order valence-electron chi connectivity index (χ1n) is 9.21. The van der Waals surface area contributed by atoms with Crippen molar-refractivity contribution >= 4 is 11.5 Å². The zero-order valence-corrected chi connectivity index (χ0v) is 16.5. The van der Waals surface area contributed by atoms with Gasteiger partial charge in [-0.05, 0) is 61.2 Å². The van der Waals surface area contributed by atoms with Gasteiger partial charge in [-0.15, -0.1) is 0 Å². The van der Waals surface area contributed by atoms with Crippen molar-refractivity contribution in [2.24, 2.45) is 0 Å². The first kappa shape index (κ1) is 18.1. The monoisotopic (exact) mass is 377 g/mol. The van der Waals surface area contributed by atoms with Crippen molar-refractivity contribution in [3.63, 3.8) is 0 Å². The Morgan fingerprint density at radius 2 is 1.64 bits per heavy atom. The molecule has 3 aromatic rings. The molecule has 0 aliphatic carbocycles. The summed E-state index contributed by atoms with van der Waals surface area (Å²) >= 11 is 0. The number of aromatic nitrogens is 2. The predicted octanol–water partition coefficient (Wildman–Crippen LogP) is 3.84. The van der Waals surface area contributed by atoms with E-state index in [0.29, 0.717) is 23.9 Å². The van der Waals surface area contributed by atoms with Gasteiger partial charge in [0.2, 0.25) is 0 Å². The Bertz CT molecular complexity index is 1100. The average Bonchev–Trinajstić information content (AvgIpc) is 2.65. The summed E-state index contributed by atoms with van der Waals surface area (Å²) in [5.74, 6) is 1.87. The SMILES string of the molecule is COc1cc2c(cc1OC)-c1cc(Nc3cc(C)cc(C)c3)nc(=O)n1CC2. The van der Waals surface area contributed by atoms with E-state index in [1.54, 1.807) is 18.8 Å². The highest BCUT2D eigenvalue weighted by Crippen LogP contribution is 2.38. The third kappa shape index (κ3) is 3.22. The van der Waals surface area contributed by atoms with E-state index in [9.17, 15) is 4.79 Å². The van der Waals surface area contributed by atoms with E-state index in [0.717, 1.165) is 40.1 Å². The molecule has 0 saturated heterocycles. The van der Waals surface area contributed by atoms with Gasteiger partial charge in [0.1, 0.15) is 5.82 Å². The number of aryl methyl sites for hydroxylation is 3. The van der Waals surface area contributed by atoms with Crippen LogP contribution in [-0.4, -0.2) is 23.8 Å². The minimum atomic E-state index is -0.259. The zero-order valence-electron chi connectivity index (χ0n) is 16.5. The van der Waals surface area contributed by atoms with Gasteiger partial charge >= 0.3 is 5.69 Å². The molecule has 1 aliphatic rings. The molecule has 0 radical (unpaired) electrons. The van der Waals surface area contributed by atoms with Crippen molar-refractivity contribution in [1.29, 1.82) is 0 Å². The molecule has 6 heteroatoms. The second-order valence-corrected chi connectivity index (χ2v) is 7.08. The van der Waals surface area contributed by atoms with Crippen LogP contribution >= 0.6 is 0 Å². The summed E-state index contributed by atoms with van der Waals surface area (Å²) in [5.41, 5.74) is 5.88. The smallest absolute Gasteiger partial charge is 0.350 e. The molecule has 0 fully saturated rings. The van der Waals surface area contributed by atoms with Crippen molar-refractivity contribution in [2.75, 3.05) is 19.5 Å². The average molecular weight is 377 g/mol. The summed E-state index contributed by atoms with van der Waals surface area (Å²) in [7, 11) is 3.24. The number of rotatable bonds is 4. The lowest BCUT2D eigenvalue weighted by atomic mass is 9.97. The fourth-order valence-corrected chi connectivity index (χ4v) is 3.80. The lowest BCUT2D eigenvalue weighted by Crippen LogP contribution is -2.28. The highest BCUT2D eigenvalue weighted by Gasteiger charge is 2.21. The quantitative estimate of drug-likeness (QED) is 0.748. The maximum absolute atomic E-state index is 12.7. The summed E-state index contributed by atoms with van der Waals surface area (Å²) < 4.78 is 12.6. The van der Waals surface area contributed by atoms with Gasteiger partial charge in [-0.25, -0.2) is 4.79 Å². The molecule has 2 heterocycles. The lowest BCUT2D eigenvalue weighted by molar-refractivity contribution is 0.354. The van der Waals surface area contributed by atoms with E-state index in [1.165, 1.54) is 0 Å². The van der Waals surface area contributed by atoms with Crippen molar-refractivity contribution in [2.45, 2.75) is 26.8 Å². The number of benzene rings is 2. The largest absolute Gasteiger partial charge is 0.493 e. The molecule has 0 saturated carbocycles. The molecule has 0 unspecified atom stereocenters. The summed E-state index contributed by atoms with van der Waals surface area (Å²) in [6.45, 7) is 4.68. The maximum Gasteiger partial charge on any atom is 0.350 e. The van der Waals surface area contributed by atoms with Gasteiger partial charge in [0.25, 0.3) is 0 Å². The molecule has 2 aromatic carbocycles. The van der Waals surface area contributed by atoms with Crippen LogP contribution in [0.5, 0.6) is 11.5 Å². The number of hydrogen-bond acceptors (Lipinski definition) is 5. The Hall–Kier alpha value is -3.28. The number of fused-ring (bicyclic) bond motifs is 3. The summed E-state index contributed by atoms with van der Waals surface area (Å²) in [6.07, 6.45) is 0.744. The number of hydrogen-bond donors (Lipinski definition) is 1. The molecule has 144 valence electrons. The first-order chi connectivity index (χ1) is 13.5. The van der Waals surface area contributed by atoms with E-state index >= 15 is 0 Å². The highest BCUT2D eigenvalue weighted by molar-refractivity contribution is 5.73. The molecular weight excluding hydrogens is 354 g/mol. The number of nitrogens with zero attached hydrogens (tertiary/aromatic N) is 2. The van der Waals surface area contributed by atoms with Crippen LogP contribution in [-0.2, 0) is 13.0 Å². The van der Waals surface area contributed by atoms with Crippen molar-refractivity contribution < 1.29 is 9.47 Å². The van der Waals surface area contributed by atoms with Crippen molar-refractivity contribution in [3.05, 3.63) is 63.6 Å². The molecule has 4 rings (SSSR count). The van der Waals surface area contributed by atoms with Gasteiger partial charge in [-0.3, -0.25) is 4.57 Å². The molecule has 0 bridgehead atoms. The van der Waals surface area contributed by atoms with E-state index in [-0.39, 0.29) is 5.69 Å². The van der Waals surface area contributed by atoms with Crippen LogP contribution < -0.4 is 20.5 Å². The Balaban J connectivity index is 1.81. The van der Waals surface area contributed by atoms with Crippen LogP contribution in [0.15, 0.2) is 41.2 Å². The molecule has 0 amide bonds.